The second-order valence-electron chi connectivity index (χ2n) is 2.99. The summed E-state index contributed by atoms with van der Waals surface area (Å²) < 4.78 is 0. The van der Waals surface area contributed by atoms with E-state index in [9.17, 15) is 4.79 Å². The van der Waals surface area contributed by atoms with Crippen LogP contribution in [-0.2, 0) is 4.79 Å². The summed E-state index contributed by atoms with van der Waals surface area (Å²) in [6.07, 6.45) is 1.13. The first-order valence-corrected chi connectivity index (χ1v) is 4.24. The van der Waals surface area contributed by atoms with Gasteiger partial charge in [-0.25, -0.2) is 0 Å². The average Bonchev–Trinajstić information content (AvgIpc) is 2.09. The first kappa shape index (κ1) is 9.54. The predicted octanol–water partition coefficient (Wildman–Crippen LogP) is 2.24. The predicted molar refractivity (Wildman–Crippen MR) is 53.5 cm³/mol. The van der Waals surface area contributed by atoms with E-state index in [0.717, 1.165) is 11.8 Å². The summed E-state index contributed by atoms with van der Waals surface area (Å²) in [6, 6.07) is 6.10. The van der Waals surface area contributed by atoms with Gasteiger partial charge in [-0.05, 0) is 25.5 Å². The van der Waals surface area contributed by atoms with Gasteiger partial charge in [-0.15, -0.1) is 0 Å². The van der Waals surface area contributed by atoms with Crippen molar-refractivity contribution in [1.29, 1.82) is 0 Å². The molecule has 13 heavy (non-hydrogen) atoms. The molecule has 0 saturated heterocycles. The standard InChI is InChI=1S/C12H12O/c1-10-6-7-12(11(2)9-10)5-3-4-8-13/h6-9H,4H2,1-2H3. The van der Waals surface area contributed by atoms with Gasteiger partial charge in [0.15, 0.2) is 0 Å². The molecular weight excluding hydrogens is 160 g/mol. The Morgan fingerprint density at radius 2 is 2.15 bits per heavy atom. The van der Waals surface area contributed by atoms with Crippen LogP contribution in [0.2, 0.25) is 0 Å². The topological polar surface area (TPSA) is 17.1 Å². The van der Waals surface area contributed by atoms with E-state index in [0.29, 0.717) is 6.42 Å². The molecule has 0 aromatic heterocycles. The van der Waals surface area contributed by atoms with Crippen LogP contribution in [0.3, 0.4) is 0 Å². The van der Waals surface area contributed by atoms with E-state index < -0.39 is 0 Å². The first-order chi connectivity index (χ1) is 6.24. The van der Waals surface area contributed by atoms with Crippen LogP contribution in [0.5, 0.6) is 0 Å². The second-order valence-corrected chi connectivity index (χ2v) is 2.99. The highest BCUT2D eigenvalue weighted by Gasteiger charge is 1.92. The summed E-state index contributed by atoms with van der Waals surface area (Å²) in [7, 11) is 0. The van der Waals surface area contributed by atoms with E-state index in [1.807, 2.05) is 19.1 Å². The molecule has 0 amide bonds. The van der Waals surface area contributed by atoms with Gasteiger partial charge < -0.3 is 4.79 Å². The highest BCUT2D eigenvalue weighted by Crippen LogP contribution is 2.08. The molecule has 0 bridgehead atoms. The van der Waals surface area contributed by atoms with Crippen molar-refractivity contribution in [3.05, 3.63) is 34.9 Å². The molecule has 1 heteroatoms. The molecule has 0 heterocycles. The maximum absolute atomic E-state index is 10.0. The molecule has 0 spiro atoms. The monoisotopic (exact) mass is 172 g/mol. The van der Waals surface area contributed by atoms with E-state index in [1.165, 1.54) is 11.1 Å². The third-order valence-electron chi connectivity index (χ3n) is 1.79. The molecule has 1 rings (SSSR count). The summed E-state index contributed by atoms with van der Waals surface area (Å²) in [5.41, 5.74) is 3.41. The van der Waals surface area contributed by atoms with Gasteiger partial charge in [-0.1, -0.05) is 29.5 Å². The molecular formula is C12H12O. The number of benzene rings is 1. The van der Waals surface area contributed by atoms with Crippen molar-refractivity contribution in [2.24, 2.45) is 0 Å². The molecule has 1 nitrogen and oxygen atoms in total. The fourth-order valence-electron chi connectivity index (χ4n) is 1.14. The van der Waals surface area contributed by atoms with E-state index >= 15 is 0 Å². The van der Waals surface area contributed by atoms with Gasteiger partial charge in [-0.2, -0.15) is 0 Å². The lowest BCUT2D eigenvalue weighted by atomic mass is 10.1. The van der Waals surface area contributed by atoms with Crippen LogP contribution in [0.15, 0.2) is 18.2 Å². The van der Waals surface area contributed by atoms with Crippen molar-refractivity contribution in [2.45, 2.75) is 20.3 Å². The van der Waals surface area contributed by atoms with Crippen molar-refractivity contribution < 1.29 is 4.79 Å². The summed E-state index contributed by atoms with van der Waals surface area (Å²) in [6.45, 7) is 4.08. The van der Waals surface area contributed by atoms with Crippen LogP contribution in [0.4, 0.5) is 0 Å². The Morgan fingerprint density at radius 3 is 2.77 bits per heavy atom. The van der Waals surface area contributed by atoms with Gasteiger partial charge in [0, 0.05) is 5.56 Å². The number of hydrogen-bond acceptors (Lipinski definition) is 1. The molecule has 0 N–H and O–H groups in total. The molecule has 0 atom stereocenters. The number of carbonyl (C=O) groups is 1. The first-order valence-electron chi connectivity index (χ1n) is 4.24. The fraction of sp³-hybridized carbons (Fsp3) is 0.250. The van der Waals surface area contributed by atoms with Crippen LogP contribution in [0.1, 0.15) is 23.1 Å². The summed E-state index contributed by atoms with van der Waals surface area (Å²) >= 11 is 0. The van der Waals surface area contributed by atoms with E-state index in [-0.39, 0.29) is 0 Å². The lowest BCUT2D eigenvalue weighted by Gasteiger charge is -1.98. The minimum atomic E-state index is 0.313. The van der Waals surface area contributed by atoms with Crippen molar-refractivity contribution in [3.63, 3.8) is 0 Å². The molecule has 0 fully saturated rings. The Hall–Kier alpha value is -1.55. The lowest BCUT2D eigenvalue weighted by Crippen LogP contribution is -1.83. The Labute approximate surface area is 78.8 Å². The molecule has 0 radical (unpaired) electrons. The van der Waals surface area contributed by atoms with Crippen LogP contribution >= 0.6 is 0 Å². The number of rotatable bonds is 1. The summed E-state index contributed by atoms with van der Waals surface area (Å²) in [5.74, 6) is 5.75. The number of aldehydes is 1. The molecule has 0 saturated carbocycles. The molecule has 0 aliphatic rings. The van der Waals surface area contributed by atoms with Crippen molar-refractivity contribution in [2.75, 3.05) is 0 Å². The van der Waals surface area contributed by atoms with Crippen molar-refractivity contribution in [3.8, 4) is 11.8 Å². The molecule has 66 valence electrons. The lowest BCUT2D eigenvalue weighted by molar-refractivity contribution is -0.107. The number of hydrogen-bond donors (Lipinski definition) is 0. The SMILES string of the molecule is Cc1ccc(C#CCC=O)c(C)c1. The van der Waals surface area contributed by atoms with Gasteiger partial charge in [-0.3, -0.25) is 0 Å². The normalized spacial score (nSPS) is 8.77. The minimum absolute atomic E-state index is 0.313. The largest absolute Gasteiger partial charge is 0.302 e. The maximum Gasteiger partial charge on any atom is 0.131 e. The quantitative estimate of drug-likeness (QED) is 0.469. The highest BCUT2D eigenvalue weighted by molar-refractivity contribution is 5.55. The van der Waals surface area contributed by atoms with E-state index in [4.69, 9.17) is 0 Å². The Morgan fingerprint density at radius 1 is 1.38 bits per heavy atom. The zero-order valence-electron chi connectivity index (χ0n) is 7.92. The van der Waals surface area contributed by atoms with E-state index in [1.54, 1.807) is 0 Å². The number of carbonyl (C=O) groups excluding carboxylic acids is 1. The Balaban J connectivity index is 2.91. The van der Waals surface area contributed by atoms with E-state index in [2.05, 4.69) is 24.8 Å². The minimum Gasteiger partial charge on any atom is -0.302 e. The van der Waals surface area contributed by atoms with Crippen LogP contribution in [0, 0.1) is 25.7 Å². The van der Waals surface area contributed by atoms with Crippen molar-refractivity contribution in [1.82, 2.24) is 0 Å². The maximum atomic E-state index is 10.0. The molecule has 0 aliphatic carbocycles. The van der Waals surface area contributed by atoms with Gasteiger partial charge in [0.2, 0.25) is 0 Å². The van der Waals surface area contributed by atoms with Gasteiger partial charge in [0.05, 0.1) is 6.42 Å². The molecule has 0 aliphatic heterocycles. The highest BCUT2D eigenvalue weighted by atomic mass is 16.1. The summed E-state index contributed by atoms with van der Waals surface area (Å²) in [5, 5.41) is 0. The van der Waals surface area contributed by atoms with Gasteiger partial charge in [0.1, 0.15) is 6.29 Å². The summed E-state index contributed by atoms with van der Waals surface area (Å²) in [4.78, 5) is 10.0. The van der Waals surface area contributed by atoms with Gasteiger partial charge >= 0.3 is 0 Å². The van der Waals surface area contributed by atoms with Crippen molar-refractivity contribution >= 4 is 6.29 Å². The van der Waals surface area contributed by atoms with Crippen LogP contribution in [0.25, 0.3) is 0 Å². The Kier molecular flexibility index (Phi) is 3.28. The Bertz CT molecular complexity index is 366. The van der Waals surface area contributed by atoms with Crippen LogP contribution < -0.4 is 0 Å². The third-order valence-corrected chi connectivity index (χ3v) is 1.79. The zero-order chi connectivity index (χ0) is 9.68. The molecule has 1 aromatic carbocycles. The van der Waals surface area contributed by atoms with Gasteiger partial charge in [0.25, 0.3) is 0 Å². The fourth-order valence-corrected chi connectivity index (χ4v) is 1.14. The smallest absolute Gasteiger partial charge is 0.131 e. The average molecular weight is 172 g/mol. The zero-order valence-corrected chi connectivity index (χ0v) is 7.92. The molecule has 0 unspecified atom stereocenters. The third kappa shape index (κ3) is 2.76. The number of aryl methyl sites for hydroxylation is 2. The van der Waals surface area contributed by atoms with Crippen LogP contribution in [-0.4, -0.2) is 6.29 Å². The molecule has 1 aromatic rings. The second kappa shape index (κ2) is 4.47.